The average Bonchev–Trinajstić information content (AvgIpc) is 2.95. The normalized spacial score (nSPS) is 11.4. The lowest BCUT2D eigenvalue weighted by molar-refractivity contribution is 0.800. The third kappa shape index (κ3) is 2.21. The van der Waals surface area contributed by atoms with Crippen molar-refractivity contribution in [3.8, 4) is 0 Å². The first-order valence-corrected chi connectivity index (χ1v) is 7.58. The smallest absolute Gasteiger partial charge is 0.262 e. The van der Waals surface area contributed by atoms with Crippen molar-refractivity contribution in [1.29, 1.82) is 0 Å². The zero-order valence-electron chi connectivity index (χ0n) is 12.4. The molecule has 0 atom stereocenters. The molecule has 0 radical (unpaired) electrons. The van der Waals surface area contributed by atoms with E-state index in [-0.39, 0.29) is 5.56 Å². The Morgan fingerprint density at radius 2 is 2.00 bits per heavy atom. The Labute approximate surface area is 136 Å². The molecule has 0 saturated carbocycles. The van der Waals surface area contributed by atoms with Gasteiger partial charge in [-0.05, 0) is 42.8 Å². The van der Waals surface area contributed by atoms with Crippen LogP contribution in [0.15, 0.2) is 47.5 Å². The topological polar surface area (TPSA) is 63.6 Å². The monoisotopic (exact) mass is 324 g/mol. The van der Waals surface area contributed by atoms with Gasteiger partial charge in [0.2, 0.25) is 0 Å². The summed E-state index contributed by atoms with van der Waals surface area (Å²) in [5.41, 5.74) is 3.19. The number of aromatic amines is 1. The Balaban J connectivity index is 2.10. The summed E-state index contributed by atoms with van der Waals surface area (Å²) in [5, 5.41) is 9.28. The van der Waals surface area contributed by atoms with Gasteiger partial charge < -0.3 is 4.57 Å². The van der Waals surface area contributed by atoms with Crippen LogP contribution in [0, 0.1) is 6.92 Å². The second kappa shape index (κ2) is 5.21. The Morgan fingerprint density at radius 1 is 1.22 bits per heavy atom. The SMILES string of the molecule is Cc1[nH]nc2c1c(=O)n(Cc1ccncc1)c1ccc(Cl)cc21. The van der Waals surface area contributed by atoms with Gasteiger partial charge in [-0.1, -0.05) is 11.6 Å². The van der Waals surface area contributed by atoms with Gasteiger partial charge >= 0.3 is 0 Å². The third-order valence-electron chi connectivity index (χ3n) is 4.00. The van der Waals surface area contributed by atoms with Gasteiger partial charge in [-0.25, -0.2) is 0 Å². The third-order valence-corrected chi connectivity index (χ3v) is 4.24. The Hall–Kier alpha value is -2.66. The molecule has 4 rings (SSSR count). The molecule has 6 heteroatoms. The second-order valence-electron chi connectivity index (χ2n) is 5.48. The zero-order valence-corrected chi connectivity index (χ0v) is 13.1. The van der Waals surface area contributed by atoms with E-state index in [0.717, 1.165) is 22.2 Å². The van der Waals surface area contributed by atoms with Gasteiger partial charge in [0.1, 0.15) is 5.52 Å². The van der Waals surface area contributed by atoms with E-state index >= 15 is 0 Å². The number of nitrogens with one attached hydrogen (secondary N) is 1. The molecule has 0 aliphatic carbocycles. The van der Waals surface area contributed by atoms with E-state index in [0.29, 0.717) is 22.5 Å². The Kier molecular flexibility index (Phi) is 3.16. The first-order chi connectivity index (χ1) is 11.1. The summed E-state index contributed by atoms with van der Waals surface area (Å²) in [4.78, 5) is 17.0. The molecular formula is C17H13ClN4O. The molecule has 3 aromatic heterocycles. The number of H-pyrrole nitrogens is 1. The molecule has 1 N–H and O–H groups in total. The molecule has 4 aromatic rings. The van der Waals surface area contributed by atoms with E-state index in [1.165, 1.54) is 0 Å². The van der Waals surface area contributed by atoms with Gasteiger partial charge in [0.05, 0.1) is 17.4 Å². The van der Waals surface area contributed by atoms with Crippen LogP contribution in [0.3, 0.4) is 0 Å². The number of hydrogen-bond acceptors (Lipinski definition) is 3. The number of fused-ring (bicyclic) bond motifs is 3. The van der Waals surface area contributed by atoms with Gasteiger partial charge in [-0.2, -0.15) is 5.10 Å². The summed E-state index contributed by atoms with van der Waals surface area (Å²) in [6.45, 7) is 2.32. The lowest BCUT2D eigenvalue weighted by atomic mass is 10.1. The number of benzene rings is 1. The van der Waals surface area contributed by atoms with Gasteiger partial charge in [0, 0.05) is 28.5 Å². The second-order valence-corrected chi connectivity index (χ2v) is 5.92. The van der Waals surface area contributed by atoms with E-state index in [4.69, 9.17) is 11.6 Å². The maximum atomic E-state index is 13.0. The predicted molar refractivity (Wildman–Crippen MR) is 90.9 cm³/mol. The van der Waals surface area contributed by atoms with Crippen molar-refractivity contribution >= 4 is 33.4 Å². The number of aryl methyl sites for hydroxylation is 1. The van der Waals surface area contributed by atoms with Crippen LogP contribution in [-0.2, 0) is 6.54 Å². The molecule has 0 amide bonds. The van der Waals surface area contributed by atoms with Crippen molar-refractivity contribution in [2.24, 2.45) is 0 Å². The van der Waals surface area contributed by atoms with Crippen LogP contribution in [0.25, 0.3) is 21.8 Å². The van der Waals surface area contributed by atoms with Crippen LogP contribution in [0.4, 0.5) is 0 Å². The molecular weight excluding hydrogens is 312 g/mol. The summed E-state index contributed by atoms with van der Waals surface area (Å²) in [6.07, 6.45) is 3.45. The summed E-state index contributed by atoms with van der Waals surface area (Å²) >= 11 is 6.14. The maximum Gasteiger partial charge on any atom is 0.262 e. The minimum Gasteiger partial charge on any atom is -0.303 e. The van der Waals surface area contributed by atoms with Crippen molar-refractivity contribution < 1.29 is 0 Å². The van der Waals surface area contributed by atoms with Gasteiger partial charge in [0.25, 0.3) is 5.56 Å². The highest BCUT2D eigenvalue weighted by atomic mass is 35.5. The maximum absolute atomic E-state index is 13.0. The van der Waals surface area contributed by atoms with Crippen LogP contribution < -0.4 is 5.56 Å². The molecule has 0 saturated heterocycles. The molecule has 0 spiro atoms. The molecule has 23 heavy (non-hydrogen) atoms. The molecule has 0 aliphatic rings. The molecule has 3 heterocycles. The predicted octanol–water partition coefficient (Wildman–Crippen LogP) is 3.28. The molecule has 1 aromatic carbocycles. The van der Waals surface area contributed by atoms with Gasteiger partial charge in [0.15, 0.2) is 0 Å². The highest BCUT2D eigenvalue weighted by molar-refractivity contribution is 6.31. The fourth-order valence-electron chi connectivity index (χ4n) is 2.89. The molecule has 0 unspecified atom stereocenters. The molecule has 0 fully saturated rings. The van der Waals surface area contributed by atoms with Gasteiger partial charge in [-0.3, -0.25) is 14.9 Å². The zero-order chi connectivity index (χ0) is 16.0. The summed E-state index contributed by atoms with van der Waals surface area (Å²) in [7, 11) is 0. The lowest BCUT2D eigenvalue weighted by Crippen LogP contribution is -2.21. The first kappa shape index (κ1) is 14.0. The highest BCUT2D eigenvalue weighted by Gasteiger charge is 2.15. The highest BCUT2D eigenvalue weighted by Crippen LogP contribution is 2.26. The first-order valence-electron chi connectivity index (χ1n) is 7.21. The molecule has 114 valence electrons. The van der Waals surface area contributed by atoms with Crippen LogP contribution in [0.5, 0.6) is 0 Å². The quantitative estimate of drug-likeness (QED) is 0.615. The van der Waals surface area contributed by atoms with Crippen molar-refractivity contribution in [3.05, 3.63) is 69.4 Å². The van der Waals surface area contributed by atoms with Gasteiger partial charge in [-0.15, -0.1) is 0 Å². The van der Waals surface area contributed by atoms with E-state index < -0.39 is 0 Å². The molecule has 5 nitrogen and oxygen atoms in total. The van der Waals surface area contributed by atoms with Crippen molar-refractivity contribution in [2.75, 3.05) is 0 Å². The van der Waals surface area contributed by atoms with E-state index in [9.17, 15) is 4.79 Å². The van der Waals surface area contributed by atoms with Crippen LogP contribution in [0.1, 0.15) is 11.3 Å². The van der Waals surface area contributed by atoms with Crippen LogP contribution >= 0.6 is 11.6 Å². The summed E-state index contributed by atoms with van der Waals surface area (Å²) in [5.74, 6) is 0. The van der Waals surface area contributed by atoms with Crippen molar-refractivity contribution in [3.63, 3.8) is 0 Å². The number of pyridine rings is 2. The number of nitrogens with zero attached hydrogens (tertiary/aromatic N) is 3. The largest absolute Gasteiger partial charge is 0.303 e. The van der Waals surface area contributed by atoms with E-state index in [1.54, 1.807) is 23.0 Å². The number of aromatic nitrogens is 4. The van der Waals surface area contributed by atoms with Crippen LogP contribution in [-0.4, -0.2) is 19.7 Å². The average molecular weight is 325 g/mol. The Morgan fingerprint density at radius 3 is 2.78 bits per heavy atom. The summed E-state index contributed by atoms with van der Waals surface area (Å²) in [6, 6.07) is 9.31. The molecule has 0 bridgehead atoms. The minimum absolute atomic E-state index is 0.0575. The summed E-state index contributed by atoms with van der Waals surface area (Å²) < 4.78 is 1.76. The standard InChI is InChI=1S/C17H13ClN4O/c1-10-15-16(21-20-10)13-8-12(18)2-3-14(13)22(17(15)23)9-11-4-6-19-7-5-11/h2-8H,9H2,1H3,(H,20,21). The van der Waals surface area contributed by atoms with Crippen molar-refractivity contribution in [2.45, 2.75) is 13.5 Å². The van der Waals surface area contributed by atoms with E-state index in [2.05, 4.69) is 15.2 Å². The van der Waals surface area contributed by atoms with Crippen LogP contribution in [0.2, 0.25) is 5.02 Å². The lowest BCUT2D eigenvalue weighted by Gasteiger charge is -2.11. The Bertz CT molecular complexity index is 1080. The van der Waals surface area contributed by atoms with E-state index in [1.807, 2.05) is 31.2 Å². The fourth-order valence-corrected chi connectivity index (χ4v) is 3.06. The number of halogens is 1. The number of rotatable bonds is 2. The minimum atomic E-state index is -0.0575. The fraction of sp³-hybridized carbons (Fsp3) is 0.118. The number of hydrogen-bond donors (Lipinski definition) is 1. The van der Waals surface area contributed by atoms with Crippen molar-refractivity contribution in [1.82, 2.24) is 19.7 Å². The molecule has 0 aliphatic heterocycles.